The maximum atomic E-state index is 12.6. The summed E-state index contributed by atoms with van der Waals surface area (Å²) < 4.78 is 4.79. The predicted octanol–water partition coefficient (Wildman–Crippen LogP) is 1.65. The predicted molar refractivity (Wildman–Crippen MR) is 70.8 cm³/mol. The van der Waals surface area contributed by atoms with Gasteiger partial charge >= 0.3 is 5.97 Å². The van der Waals surface area contributed by atoms with Crippen molar-refractivity contribution < 1.29 is 14.3 Å². The highest BCUT2D eigenvalue weighted by Gasteiger charge is 2.70. The van der Waals surface area contributed by atoms with E-state index in [9.17, 15) is 9.59 Å². The molecule has 0 bridgehead atoms. The summed E-state index contributed by atoms with van der Waals surface area (Å²) in [6.07, 6.45) is 2.24. The lowest BCUT2D eigenvalue weighted by atomic mass is 9.95. The SMILES string of the molecule is C=CCN1C(=O)C2(CC2C(=O)OC)c2ccccc21. The third-order valence-corrected chi connectivity index (χ3v) is 4.06. The van der Waals surface area contributed by atoms with E-state index in [4.69, 9.17) is 4.74 Å². The normalized spacial score (nSPS) is 27.3. The van der Waals surface area contributed by atoms with Crippen LogP contribution in [0.3, 0.4) is 0 Å². The van der Waals surface area contributed by atoms with Crippen molar-refractivity contribution >= 4 is 17.6 Å². The third kappa shape index (κ3) is 1.40. The van der Waals surface area contributed by atoms with Crippen LogP contribution in [-0.2, 0) is 19.7 Å². The van der Waals surface area contributed by atoms with Crippen molar-refractivity contribution in [1.29, 1.82) is 0 Å². The van der Waals surface area contributed by atoms with E-state index in [1.54, 1.807) is 11.0 Å². The topological polar surface area (TPSA) is 46.6 Å². The number of amides is 1. The molecule has 1 aromatic rings. The Morgan fingerprint density at radius 3 is 3.00 bits per heavy atom. The van der Waals surface area contributed by atoms with Gasteiger partial charge in [0.25, 0.3) is 0 Å². The number of methoxy groups -OCH3 is 1. The Balaban J connectivity index is 2.07. The Morgan fingerprint density at radius 2 is 2.32 bits per heavy atom. The first-order valence-electron chi connectivity index (χ1n) is 6.27. The van der Waals surface area contributed by atoms with Crippen molar-refractivity contribution in [2.45, 2.75) is 11.8 Å². The first-order valence-corrected chi connectivity index (χ1v) is 6.27. The van der Waals surface area contributed by atoms with Crippen LogP contribution >= 0.6 is 0 Å². The van der Waals surface area contributed by atoms with E-state index in [2.05, 4.69) is 6.58 Å². The van der Waals surface area contributed by atoms with Gasteiger partial charge in [-0.1, -0.05) is 24.3 Å². The fourth-order valence-electron chi connectivity index (χ4n) is 3.09. The lowest BCUT2D eigenvalue weighted by Gasteiger charge is -2.15. The summed E-state index contributed by atoms with van der Waals surface area (Å²) in [7, 11) is 1.36. The highest BCUT2D eigenvalue weighted by atomic mass is 16.5. The number of nitrogens with zero attached hydrogens (tertiary/aromatic N) is 1. The average Bonchev–Trinajstić information content (AvgIpc) is 3.15. The second kappa shape index (κ2) is 3.95. The molecule has 0 N–H and O–H groups in total. The summed E-state index contributed by atoms with van der Waals surface area (Å²) in [6.45, 7) is 4.15. The van der Waals surface area contributed by atoms with Crippen molar-refractivity contribution in [3.05, 3.63) is 42.5 Å². The number of anilines is 1. The van der Waals surface area contributed by atoms with Crippen LogP contribution in [0.1, 0.15) is 12.0 Å². The summed E-state index contributed by atoms with van der Waals surface area (Å²) in [5.74, 6) is -0.659. The molecule has 1 amide bonds. The van der Waals surface area contributed by atoms with Gasteiger partial charge < -0.3 is 9.64 Å². The zero-order chi connectivity index (χ0) is 13.6. The van der Waals surface area contributed by atoms with Crippen molar-refractivity contribution in [1.82, 2.24) is 0 Å². The molecule has 1 fully saturated rings. The number of benzene rings is 1. The Morgan fingerprint density at radius 1 is 1.58 bits per heavy atom. The summed E-state index contributed by atoms with van der Waals surface area (Å²) in [4.78, 5) is 26.1. The number of hydrogen-bond acceptors (Lipinski definition) is 3. The molecule has 2 aliphatic rings. The average molecular weight is 257 g/mol. The molecule has 0 saturated heterocycles. The number of hydrogen-bond donors (Lipinski definition) is 0. The number of ether oxygens (including phenoxy) is 1. The van der Waals surface area contributed by atoms with Gasteiger partial charge in [0.1, 0.15) is 0 Å². The summed E-state index contributed by atoms with van der Waals surface area (Å²) >= 11 is 0. The number of esters is 1. The number of carbonyl (C=O) groups is 2. The molecule has 0 aromatic heterocycles. The molecule has 19 heavy (non-hydrogen) atoms. The van der Waals surface area contributed by atoms with Crippen molar-refractivity contribution in [2.75, 3.05) is 18.6 Å². The van der Waals surface area contributed by atoms with E-state index in [0.29, 0.717) is 13.0 Å². The summed E-state index contributed by atoms with van der Waals surface area (Å²) in [6, 6.07) is 7.64. The van der Waals surface area contributed by atoms with Gasteiger partial charge in [0, 0.05) is 12.2 Å². The monoisotopic (exact) mass is 257 g/mol. The standard InChI is InChI=1S/C15H15NO3/c1-3-8-16-12-7-5-4-6-10(12)15(14(16)18)9-11(15)13(17)19-2/h3-7,11H,1,8-9H2,2H3. The largest absolute Gasteiger partial charge is 0.469 e. The van der Waals surface area contributed by atoms with Gasteiger partial charge in [-0.25, -0.2) is 0 Å². The molecule has 1 aliphatic carbocycles. The zero-order valence-electron chi connectivity index (χ0n) is 10.8. The Hall–Kier alpha value is -2.10. The maximum absolute atomic E-state index is 12.6. The second-order valence-electron chi connectivity index (χ2n) is 4.97. The molecule has 3 rings (SSSR count). The molecule has 4 heteroatoms. The molecule has 4 nitrogen and oxygen atoms in total. The van der Waals surface area contributed by atoms with Crippen LogP contribution in [0.4, 0.5) is 5.69 Å². The van der Waals surface area contributed by atoms with Gasteiger partial charge in [-0.05, 0) is 18.1 Å². The minimum Gasteiger partial charge on any atom is -0.469 e. The molecule has 2 unspecified atom stereocenters. The summed E-state index contributed by atoms with van der Waals surface area (Å²) in [5.41, 5.74) is 1.14. The van der Waals surface area contributed by atoms with Crippen molar-refractivity contribution in [2.24, 2.45) is 5.92 Å². The quantitative estimate of drug-likeness (QED) is 0.611. The minimum atomic E-state index is -0.688. The molecule has 1 aromatic carbocycles. The molecule has 1 heterocycles. The smallest absolute Gasteiger partial charge is 0.310 e. The lowest BCUT2D eigenvalue weighted by molar-refractivity contribution is -0.143. The van der Waals surface area contributed by atoms with E-state index < -0.39 is 5.41 Å². The molecule has 1 saturated carbocycles. The van der Waals surface area contributed by atoms with Gasteiger partial charge in [-0.2, -0.15) is 0 Å². The Bertz CT molecular complexity index is 581. The van der Waals surface area contributed by atoms with E-state index in [1.807, 2.05) is 24.3 Å². The van der Waals surface area contributed by atoms with Crippen LogP contribution in [0.2, 0.25) is 0 Å². The number of carbonyl (C=O) groups excluding carboxylic acids is 2. The zero-order valence-corrected chi connectivity index (χ0v) is 10.8. The van der Waals surface area contributed by atoms with Crippen LogP contribution in [-0.4, -0.2) is 25.5 Å². The molecule has 1 spiro atoms. The first-order chi connectivity index (χ1) is 9.16. The number of rotatable bonds is 3. The highest BCUT2D eigenvalue weighted by Crippen LogP contribution is 2.61. The fourth-order valence-corrected chi connectivity index (χ4v) is 3.09. The molecular formula is C15H15NO3. The van der Waals surface area contributed by atoms with Gasteiger partial charge in [-0.3, -0.25) is 9.59 Å². The van der Waals surface area contributed by atoms with Crippen LogP contribution < -0.4 is 4.90 Å². The van der Waals surface area contributed by atoms with E-state index >= 15 is 0 Å². The Kier molecular flexibility index (Phi) is 2.49. The highest BCUT2D eigenvalue weighted by molar-refractivity contribution is 6.13. The van der Waals surface area contributed by atoms with E-state index in [-0.39, 0.29) is 17.8 Å². The van der Waals surface area contributed by atoms with Crippen molar-refractivity contribution in [3.63, 3.8) is 0 Å². The third-order valence-electron chi connectivity index (χ3n) is 4.06. The van der Waals surface area contributed by atoms with Crippen LogP contribution in [0, 0.1) is 5.92 Å². The van der Waals surface area contributed by atoms with Crippen LogP contribution in [0.5, 0.6) is 0 Å². The number of para-hydroxylation sites is 1. The van der Waals surface area contributed by atoms with Gasteiger partial charge in [0.2, 0.25) is 5.91 Å². The van der Waals surface area contributed by atoms with Gasteiger partial charge in [-0.15, -0.1) is 6.58 Å². The Labute approximate surface area is 111 Å². The molecule has 98 valence electrons. The molecule has 0 radical (unpaired) electrons. The first kappa shape index (κ1) is 12.0. The molecule has 1 aliphatic heterocycles. The second-order valence-corrected chi connectivity index (χ2v) is 4.97. The van der Waals surface area contributed by atoms with Crippen LogP contribution in [0.25, 0.3) is 0 Å². The van der Waals surface area contributed by atoms with Gasteiger partial charge in [0.05, 0.1) is 18.4 Å². The van der Waals surface area contributed by atoms with Gasteiger partial charge in [0.15, 0.2) is 0 Å². The molecule has 2 atom stereocenters. The van der Waals surface area contributed by atoms with Crippen molar-refractivity contribution in [3.8, 4) is 0 Å². The van der Waals surface area contributed by atoms with E-state index in [1.165, 1.54) is 7.11 Å². The lowest BCUT2D eigenvalue weighted by Crippen LogP contribution is -2.34. The number of fused-ring (bicyclic) bond motifs is 2. The van der Waals surface area contributed by atoms with E-state index in [0.717, 1.165) is 11.3 Å². The fraction of sp³-hybridized carbons (Fsp3) is 0.333. The summed E-state index contributed by atoms with van der Waals surface area (Å²) in [5, 5.41) is 0. The van der Waals surface area contributed by atoms with Crippen LogP contribution in [0.15, 0.2) is 36.9 Å². The maximum Gasteiger partial charge on any atom is 0.310 e. The molecular weight excluding hydrogens is 242 g/mol. The minimum absolute atomic E-state index is 0.0102.